The monoisotopic (exact) mass is 415 g/mol. The lowest BCUT2D eigenvalue weighted by Gasteiger charge is -2.36. The van der Waals surface area contributed by atoms with Crippen molar-refractivity contribution in [1.82, 2.24) is 9.21 Å². The molecule has 4 rings (SSSR count). The van der Waals surface area contributed by atoms with E-state index in [0.717, 1.165) is 38.4 Å². The Bertz CT molecular complexity index is 983. The molecule has 29 heavy (non-hydrogen) atoms. The molecule has 0 aromatic heterocycles. The van der Waals surface area contributed by atoms with Gasteiger partial charge in [-0.25, -0.2) is 8.42 Å². The van der Waals surface area contributed by atoms with Crippen LogP contribution in [-0.2, 0) is 10.0 Å². The van der Waals surface area contributed by atoms with Gasteiger partial charge in [0.1, 0.15) is 5.75 Å². The summed E-state index contributed by atoms with van der Waals surface area (Å²) in [6, 6.07) is 13.7. The van der Waals surface area contributed by atoms with Crippen molar-refractivity contribution in [3.05, 3.63) is 54.1 Å². The average Bonchev–Trinajstić information content (AvgIpc) is 2.73. The molecule has 0 saturated carbocycles. The summed E-state index contributed by atoms with van der Waals surface area (Å²) in [5.74, 6) is 0.124. The first-order valence-electron chi connectivity index (χ1n) is 9.84. The number of sulfonamides is 1. The number of nitrogens with zero attached hydrogens (tertiary/aromatic N) is 3. The lowest BCUT2D eigenvalue weighted by atomic mass is 10.1. The van der Waals surface area contributed by atoms with Gasteiger partial charge in [0.15, 0.2) is 5.78 Å². The summed E-state index contributed by atoms with van der Waals surface area (Å²) in [5, 5.41) is 9.41. The van der Waals surface area contributed by atoms with Gasteiger partial charge in [-0.15, -0.1) is 0 Å². The molecule has 1 saturated heterocycles. The number of ketones is 1. The molecule has 7 nitrogen and oxygen atoms in total. The Morgan fingerprint density at radius 1 is 0.897 bits per heavy atom. The lowest BCUT2D eigenvalue weighted by molar-refractivity contribution is 0.0954. The maximum atomic E-state index is 12.8. The topological polar surface area (TPSA) is 81.2 Å². The molecule has 2 aliphatic heterocycles. The van der Waals surface area contributed by atoms with Gasteiger partial charge >= 0.3 is 0 Å². The Morgan fingerprint density at radius 2 is 1.59 bits per heavy atom. The van der Waals surface area contributed by atoms with E-state index < -0.39 is 10.0 Å². The number of hydrogen-bond acceptors (Lipinski definition) is 6. The van der Waals surface area contributed by atoms with Crippen LogP contribution in [0.2, 0.25) is 0 Å². The zero-order valence-corrected chi connectivity index (χ0v) is 17.0. The number of rotatable bonds is 5. The van der Waals surface area contributed by atoms with Crippen LogP contribution in [0.4, 0.5) is 5.69 Å². The van der Waals surface area contributed by atoms with E-state index in [2.05, 4.69) is 9.80 Å². The van der Waals surface area contributed by atoms with E-state index in [-0.39, 0.29) is 23.0 Å². The van der Waals surface area contributed by atoms with Gasteiger partial charge < -0.3 is 10.0 Å². The first-order valence-corrected chi connectivity index (χ1v) is 11.3. The average molecular weight is 416 g/mol. The molecule has 0 spiro atoms. The maximum Gasteiger partial charge on any atom is 0.244 e. The Balaban J connectivity index is 1.29. The Morgan fingerprint density at radius 3 is 2.31 bits per heavy atom. The van der Waals surface area contributed by atoms with Crippen molar-refractivity contribution in [2.24, 2.45) is 0 Å². The van der Waals surface area contributed by atoms with Crippen LogP contribution in [0.5, 0.6) is 5.75 Å². The molecule has 0 amide bonds. The number of piperazine rings is 1. The van der Waals surface area contributed by atoms with Crippen LogP contribution in [0.25, 0.3) is 0 Å². The minimum atomic E-state index is -3.60. The quantitative estimate of drug-likeness (QED) is 0.802. The molecule has 0 bridgehead atoms. The van der Waals surface area contributed by atoms with Gasteiger partial charge in [-0.3, -0.25) is 9.69 Å². The minimum Gasteiger partial charge on any atom is -0.508 e. The third-order valence-corrected chi connectivity index (χ3v) is 7.50. The third-order valence-electron chi connectivity index (χ3n) is 5.59. The summed E-state index contributed by atoms with van der Waals surface area (Å²) in [6.45, 7) is 4.64. The largest absolute Gasteiger partial charge is 0.508 e. The van der Waals surface area contributed by atoms with Crippen LogP contribution in [0, 0.1) is 0 Å². The van der Waals surface area contributed by atoms with Crippen LogP contribution in [0.15, 0.2) is 53.4 Å². The number of carbonyl (C=O) groups excluding carboxylic acids is 1. The van der Waals surface area contributed by atoms with Crippen LogP contribution in [0.3, 0.4) is 0 Å². The summed E-state index contributed by atoms with van der Waals surface area (Å²) in [7, 11) is -3.60. The van der Waals surface area contributed by atoms with E-state index in [1.807, 2.05) is 12.1 Å². The van der Waals surface area contributed by atoms with Crippen molar-refractivity contribution in [3.8, 4) is 5.75 Å². The molecule has 1 fully saturated rings. The van der Waals surface area contributed by atoms with Crippen molar-refractivity contribution in [2.75, 3.05) is 50.7 Å². The van der Waals surface area contributed by atoms with Crippen molar-refractivity contribution < 1.29 is 18.3 Å². The highest BCUT2D eigenvalue weighted by Gasteiger charge is 2.35. The number of aromatic hydroxyl groups is 1. The van der Waals surface area contributed by atoms with Crippen LogP contribution >= 0.6 is 0 Å². The first-order chi connectivity index (χ1) is 13.9. The number of carbonyl (C=O) groups is 1. The number of anilines is 1. The van der Waals surface area contributed by atoms with Crippen LogP contribution < -0.4 is 4.90 Å². The highest BCUT2D eigenvalue weighted by Crippen LogP contribution is 2.26. The predicted molar refractivity (Wildman–Crippen MR) is 111 cm³/mol. The zero-order valence-electron chi connectivity index (χ0n) is 16.2. The second kappa shape index (κ2) is 8.14. The van der Waals surface area contributed by atoms with E-state index in [4.69, 9.17) is 0 Å². The maximum absolute atomic E-state index is 12.8. The fourth-order valence-electron chi connectivity index (χ4n) is 3.95. The minimum absolute atomic E-state index is 0.0754. The van der Waals surface area contributed by atoms with Gasteiger partial charge in [-0.2, -0.15) is 4.31 Å². The van der Waals surface area contributed by atoms with Crippen molar-refractivity contribution >= 4 is 21.5 Å². The number of Topliss-reactive ketones (excluding diaryl/α,β-unsaturated/α-hetero) is 1. The summed E-state index contributed by atoms with van der Waals surface area (Å²) >= 11 is 0. The molecule has 0 atom stereocenters. The molecular weight excluding hydrogens is 390 g/mol. The predicted octanol–water partition coefficient (Wildman–Crippen LogP) is 1.79. The van der Waals surface area contributed by atoms with Gasteiger partial charge in [0.05, 0.1) is 11.4 Å². The second-order valence-corrected chi connectivity index (χ2v) is 9.36. The van der Waals surface area contributed by atoms with Gasteiger partial charge in [0.25, 0.3) is 0 Å². The highest BCUT2D eigenvalue weighted by molar-refractivity contribution is 7.89. The SMILES string of the molecule is O=C1CN(CCCN2CCN(c3ccc(O)cc3)CC2)S(=O)(=O)c2ccccc21. The van der Waals surface area contributed by atoms with Crippen molar-refractivity contribution in [1.29, 1.82) is 0 Å². The summed E-state index contributed by atoms with van der Waals surface area (Å²) < 4.78 is 26.9. The standard InChI is InChI=1S/C21H25N3O4S/c25-18-8-6-17(7-9-18)23-14-12-22(13-15-23)10-3-11-24-16-20(26)19-4-1-2-5-21(19)29(24,27)28/h1-2,4-9,25H,3,10-16H2. The van der Waals surface area contributed by atoms with E-state index >= 15 is 0 Å². The smallest absolute Gasteiger partial charge is 0.244 e. The second-order valence-electron chi connectivity index (χ2n) is 7.46. The van der Waals surface area contributed by atoms with Gasteiger partial charge in [-0.1, -0.05) is 12.1 Å². The molecule has 154 valence electrons. The zero-order chi connectivity index (χ0) is 20.4. The Labute approximate surface area is 171 Å². The molecular formula is C21H25N3O4S. The van der Waals surface area contributed by atoms with E-state index in [1.54, 1.807) is 30.3 Å². The fraction of sp³-hybridized carbons (Fsp3) is 0.381. The van der Waals surface area contributed by atoms with Crippen LogP contribution in [-0.4, -0.2) is 74.3 Å². The van der Waals surface area contributed by atoms with Gasteiger partial charge in [0, 0.05) is 44.0 Å². The molecule has 2 aliphatic rings. The van der Waals surface area contributed by atoms with E-state index in [1.165, 1.54) is 10.4 Å². The van der Waals surface area contributed by atoms with Crippen LogP contribution in [0.1, 0.15) is 16.8 Å². The molecule has 0 radical (unpaired) electrons. The molecule has 1 N–H and O–H groups in total. The van der Waals surface area contributed by atoms with Crippen molar-refractivity contribution in [2.45, 2.75) is 11.3 Å². The van der Waals surface area contributed by atoms with Gasteiger partial charge in [0.2, 0.25) is 10.0 Å². The lowest BCUT2D eigenvalue weighted by Crippen LogP contribution is -2.47. The summed E-state index contributed by atoms with van der Waals surface area (Å²) in [4.78, 5) is 17.0. The number of fused-ring (bicyclic) bond motifs is 1. The van der Waals surface area contributed by atoms with E-state index in [9.17, 15) is 18.3 Å². The highest BCUT2D eigenvalue weighted by atomic mass is 32.2. The van der Waals surface area contributed by atoms with Crippen molar-refractivity contribution in [3.63, 3.8) is 0 Å². The normalized spacial score (nSPS) is 19.9. The number of benzene rings is 2. The molecule has 2 heterocycles. The first kappa shape index (κ1) is 19.9. The Hall–Kier alpha value is -2.42. The third kappa shape index (κ3) is 4.14. The summed E-state index contributed by atoms with van der Waals surface area (Å²) in [6.07, 6.45) is 0.688. The molecule has 0 aliphatic carbocycles. The Kier molecular flexibility index (Phi) is 5.58. The molecule has 2 aromatic rings. The number of hydrogen-bond donors (Lipinski definition) is 1. The fourth-order valence-corrected chi connectivity index (χ4v) is 5.60. The molecule has 2 aromatic carbocycles. The molecule has 0 unspecified atom stereocenters. The number of phenols is 1. The molecule has 8 heteroatoms. The summed E-state index contributed by atoms with van der Waals surface area (Å²) in [5.41, 5.74) is 1.40. The number of phenolic OH excluding ortho intramolecular Hbond substituents is 1. The van der Waals surface area contributed by atoms with E-state index in [0.29, 0.717) is 18.5 Å². The van der Waals surface area contributed by atoms with Gasteiger partial charge in [-0.05, 0) is 49.4 Å².